The van der Waals surface area contributed by atoms with Gasteiger partial charge in [-0.15, -0.1) is 0 Å². The quantitative estimate of drug-likeness (QED) is 0.157. The highest BCUT2D eigenvalue weighted by molar-refractivity contribution is 6.11. The molecule has 0 unspecified atom stereocenters. The summed E-state index contributed by atoms with van der Waals surface area (Å²) in [6.45, 7) is 4.71. The molecule has 9 aromatic carbocycles. The van der Waals surface area contributed by atoms with Crippen molar-refractivity contribution in [3.8, 4) is 50.2 Å². The Labute approximate surface area is 345 Å². The molecule has 280 valence electrons. The average molecular weight is 755 g/mol. The Morgan fingerprint density at radius 3 is 1.68 bits per heavy atom. The highest BCUT2D eigenvalue weighted by Crippen LogP contribution is 2.53. The molecule has 59 heavy (non-hydrogen) atoms. The van der Waals surface area contributed by atoms with Gasteiger partial charge in [0, 0.05) is 38.8 Å². The van der Waals surface area contributed by atoms with Gasteiger partial charge in [0.15, 0.2) is 0 Å². The third kappa shape index (κ3) is 5.63. The van der Waals surface area contributed by atoms with E-state index in [1.807, 2.05) is 0 Å². The molecule has 10 aromatic rings. The summed E-state index contributed by atoms with van der Waals surface area (Å²) >= 11 is 0. The van der Waals surface area contributed by atoms with Gasteiger partial charge in [0.2, 0.25) is 0 Å². The van der Waals surface area contributed by atoms with Crippen LogP contribution in [0.4, 0.5) is 17.1 Å². The van der Waals surface area contributed by atoms with E-state index in [0.717, 1.165) is 22.7 Å². The van der Waals surface area contributed by atoms with Crippen LogP contribution in [-0.2, 0) is 5.41 Å². The number of benzene rings is 9. The summed E-state index contributed by atoms with van der Waals surface area (Å²) < 4.78 is 2.39. The summed E-state index contributed by atoms with van der Waals surface area (Å²) in [7, 11) is 0. The molecule has 0 saturated carbocycles. The molecular formula is C57H42N2. The molecule has 0 fully saturated rings. The van der Waals surface area contributed by atoms with Crippen molar-refractivity contribution in [1.29, 1.82) is 0 Å². The van der Waals surface area contributed by atoms with Crippen LogP contribution in [-0.4, -0.2) is 4.57 Å². The van der Waals surface area contributed by atoms with Gasteiger partial charge in [-0.1, -0.05) is 178 Å². The molecule has 0 saturated heterocycles. The fraction of sp³-hybridized carbons (Fsp3) is 0.0526. The van der Waals surface area contributed by atoms with Gasteiger partial charge in [0.05, 0.1) is 16.7 Å². The standard InChI is InChI=1S/C57H42N2/c1-57(2)51-30-16-14-26-46(51)49-37-42(33-35-52(49)57)58(43-34-36-54-50(38-43)47-27-15-17-31-53(47)59(54)41-23-10-5-11-24-41)55-32-18-29-45(40-21-8-4-9-22-40)56(55)48-28-13-12-25-44(48)39-19-6-3-7-20-39/h3-38H,1-2H3. The van der Waals surface area contributed by atoms with Crippen molar-refractivity contribution in [2.75, 3.05) is 4.90 Å². The van der Waals surface area contributed by atoms with Crippen molar-refractivity contribution < 1.29 is 0 Å². The van der Waals surface area contributed by atoms with E-state index in [9.17, 15) is 0 Å². The summed E-state index contributed by atoms with van der Waals surface area (Å²) in [4.78, 5) is 2.51. The zero-order valence-corrected chi connectivity index (χ0v) is 33.2. The third-order valence-electron chi connectivity index (χ3n) is 12.4. The number of rotatable bonds is 7. The lowest BCUT2D eigenvalue weighted by atomic mass is 9.82. The predicted molar refractivity (Wildman–Crippen MR) is 249 cm³/mol. The molecule has 0 bridgehead atoms. The van der Waals surface area contributed by atoms with Crippen LogP contribution >= 0.6 is 0 Å². The molecule has 1 aliphatic carbocycles. The van der Waals surface area contributed by atoms with Crippen molar-refractivity contribution in [1.82, 2.24) is 4.57 Å². The Hall–Kier alpha value is -7.42. The van der Waals surface area contributed by atoms with Gasteiger partial charge in [0.25, 0.3) is 0 Å². The maximum Gasteiger partial charge on any atom is 0.0546 e. The van der Waals surface area contributed by atoms with E-state index in [1.54, 1.807) is 0 Å². The summed E-state index contributed by atoms with van der Waals surface area (Å²) in [6, 6.07) is 80.0. The zero-order valence-electron chi connectivity index (χ0n) is 33.2. The average Bonchev–Trinajstić information content (AvgIpc) is 3.75. The van der Waals surface area contributed by atoms with Crippen LogP contribution < -0.4 is 4.90 Å². The van der Waals surface area contributed by atoms with Gasteiger partial charge in [-0.05, 0) is 105 Å². The van der Waals surface area contributed by atoms with E-state index in [1.165, 1.54) is 77.4 Å². The Morgan fingerprint density at radius 2 is 0.915 bits per heavy atom. The Morgan fingerprint density at radius 1 is 0.373 bits per heavy atom. The van der Waals surface area contributed by atoms with E-state index in [4.69, 9.17) is 0 Å². The van der Waals surface area contributed by atoms with Crippen LogP contribution in [0.3, 0.4) is 0 Å². The first-order valence-corrected chi connectivity index (χ1v) is 20.5. The van der Waals surface area contributed by atoms with Crippen molar-refractivity contribution in [3.63, 3.8) is 0 Å². The van der Waals surface area contributed by atoms with Gasteiger partial charge in [-0.2, -0.15) is 0 Å². The van der Waals surface area contributed by atoms with Crippen LogP contribution in [0.25, 0.3) is 72.0 Å². The van der Waals surface area contributed by atoms with Gasteiger partial charge >= 0.3 is 0 Å². The van der Waals surface area contributed by atoms with Gasteiger partial charge in [-0.25, -0.2) is 0 Å². The van der Waals surface area contributed by atoms with Crippen molar-refractivity contribution in [3.05, 3.63) is 230 Å². The van der Waals surface area contributed by atoms with Crippen LogP contribution in [0, 0.1) is 0 Å². The van der Waals surface area contributed by atoms with E-state index in [0.29, 0.717) is 0 Å². The summed E-state index contributed by atoms with van der Waals surface area (Å²) in [6.07, 6.45) is 0. The molecule has 11 rings (SSSR count). The summed E-state index contributed by atoms with van der Waals surface area (Å²) in [5, 5.41) is 2.44. The summed E-state index contributed by atoms with van der Waals surface area (Å²) in [5.74, 6) is 0. The largest absolute Gasteiger partial charge is 0.310 e. The van der Waals surface area contributed by atoms with Crippen LogP contribution in [0.5, 0.6) is 0 Å². The molecule has 0 N–H and O–H groups in total. The van der Waals surface area contributed by atoms with Crippen molar-refractivity contribution in [2.24, 2.45) is 0 Å². The number of anilines is 3. The minimum atomic E-state index is -0.0968. The molecule has 0 spiro atoms. The second-order valence-electron chi connectivity index (χ2n) is 16.1. The fourth-order valence-electron chi connectivity index (χ4n) is 9.67. The number of hydrogen-bond acceptors (Lipinski definition) is 1. The first-order chi connectivity index (χ1) is 29.1. The number of hydrogen-bond donors (Lipinski definition) is 0. The van der Waals surface area contributed by atoms with Crippen LogP contribution in [0.15, 0.2) is 218 Å². The molecule has 2 heteroatoms. The second kappa shape index (κ2) is 13.9. The molecule has 0 aliphatic heterocycles. The van der Waals surface area contributed by atoms with Crippen molar-refractivity contribution in [2.45, 2.75) is 19.3 Å². The summed E-state index contributed by atoms with van der Waals surface area (Å²) in [5.41, 5.74) is 19.2. The van der Waals surface area contributed by atoms with Gasteiger partial charge in [0.1, 0.15) is 0 Å². The molecule has 1 aromatic heterocycles. The monoisotopic (exact) mass is 754 g/mol. The third-order valence-corrected chi connectivity index (χ3v) is 12.4. The number of nitrogens with zero attached hydrogens (tertiary/aromatic N) is 2. The molecule has 1 aliphatic rings. The highest BCUT2D eigenvalue weighted by Gasteiger charge is 2.36. The minimum Gasteiger partial charge on any atom is -0.310 e. The van der Waals surface area contributed by atoms with Crippen LogP contribution in [0.2, 0.25) is 0 Å². The minimum absolute atomic E-state index is 0.0968. The fourth-order valence-corrected chi connectivity index (χ4v) is 9.67. The lowest BCUT2D eigenvalue weighted by Crippen LogP contribution is -2.15. The second-order valence-corrected chi connectivity index (χ2v) is 16.1. The first kappa shape index (κ1) is 34.8. The maximum atomic E-state index is 2.51. The number of fused-ring (bicyclic) bond motifs is 6. The Balaban J connectivity index is 1.23. The normalized spacial score (nSPS) is 12.7. The lowest BCUT2D eigenvalue weighted by Gasteiger charge is -2.31. The van der Waals surface area contributed by atoms with E-state index < -0.39 is 0 Å². The molecular weight excluding hydrogens is 713 g/mol. The smallest absolute Gasteiger partial charge is 0.0546 e. The Bertz CT molecular complexity index is 3170. The SMILES string of the molecule is CC1(C)c2ccccc2-c2cc(N(c3ccc4c(c3)c3ccccc3n4-c3ccccc3)c3cccc(-c4ccccc4)c3-c3ccccc3-c3ccccc3)ccc21. The molecule has 2 nitrogen and oxygen atoms in total. The number of para-hydroxylation sites is 2. The zero-order chi connectivity index (χ0) is 39.5. The molecule has 0 amide bonds. The van der Waals surface area contributed by atoms with Crippen LogP contribution in [0.1, 0.15) is 25.0 Å². The molecule has 0 atom stereocenters. The lowest BCUT2D eigenvalue weighted by molar-refractivity contribution is 0.660. The highest BCUT2D eigenvalue weighted by atomic mass is 15.1. The van der Waals surface area contributed by atoms with E-state index in [-0.39, 0.29) is 5.41 Å². The maximum absolute atomic E-state index is 2.51. The predicted octanol–water partition coefficient (Wildman–Crippen LogP) is 15.6. The molecule has 0 radical (unpaired) electrons. The van der Waals surface area contributed by atoms with E-state index in [2.05, 4.69) is 242 Å². The van der Waals surface area contributed by atoms with E-state index >= 15 is 0 Å². The van der Waals surface area contributed by atoms with Gasteiger partial charge < -0.3 is 9.47 Å². The van der Waals surface area contributed by atoms with Crippen molar-refractivity contribution >= 4 is 38.9 Å². The topological polar surface area (TPSA) is 8.17 Å². The Kier molecular flexibility index (Phi) is 8.20. The van der Waals surface area contributed by atoms with Gasteiger partial charge in [-0.3, -0.25) is 0 Å². The molecule has 1 heterocycles. The number of aromatic nitrogens is 1. The first-order valence-electron chi connectivity index (χ1n) is 20.5.